The molecule has 0 aromatic carbocycles. The molecule has 16 heavy (non-hydrogen) atoms. The Balaban J connectivity index is 1.75. The van der Waals surface area contributed by atoms with Crippen molar-refractivity contribution in [3.63, 3.8) is 0 Å². The number of anilines is 1. The van der Waals surface area contributed by atoms with Crippen molar-refractivity contribution in [1.82, 2.24) is 9.97 Å². The van der Waals surface area contributed by atoms with Gasteiger partial charge in [0.2, 0.25) is 5.95 Å². The molecule has 86 valence electrons. The monoisotopic (exact) mass is 283 g/mol. The smallest absolute Gasteiger partial charge is 0.222 e. The van der Waals surface area contributed by atoms with Gasteiger partial charge in [-0.25, -0.2) is 9.97 Å². The Kier molecular flexibility index (Phi) is 4.30. The lowest BCUT2D eigenvalue weighted by Gasteiger charge is -2.13. The van der Waals surface area contributed by atoms with Gasteiger partial charge in [-0.05, 0) is 28.8 Å². The minimum atomic E-state index is 0.677. The summed E-state index contributed by atoms with van der Waals surface area (Å²) in [4.78, 5) is 8.30. The fraction of sp³-hybridized carbons (Fsp3) is 0.455. The molecule has 0 radical (unpaired) electrons. The summed E-state index contributed by atoms with van der Waals surface area (Å²) in [6, 6.07) is 0. The van der Waals surface area contributed by atoms with Gasteiger partial charge >= 0.3 is 0 Å². The maximum absolute atomic E-state index is 5.25. The van der Waals surface area contributed by atoms with Gasteiger partial charge in [0.1, 0.15) is 0 Å². The van der Waals surface area contributed by atoms with Crippen LogP contribution in [0.1, 0.15) is 12.8 Å². The normalized spacial score (nSPS) is 15.7. The largest absolute Gasteiger partial charge is 0.377 e. The first-order valence-corrected chi connectivity index (χ1v) is 6.11. The van der Waals surface area contributed by atoms with Crippen molar-refractivity contribution in [2.45, 2.75) is 12.8 Å². The van der Waals surface area contributed by atoms with E-state index >= 15 is 0 Å². The third kappa shape index (κ3) is 3.57. The van der Waals surface area contributed by atoms with Gasteiger partial charge in [-0.2, -0.15) is 0 Å². The second kappa shape index (κ2) is 5.96. The number of nitrogens with zero attached hydrogens (tertiary/aromatic N) is 2. The number of halogens is 1. The van der Waals surface area contributed by atoms with Crippen molar-refractivity contribution in [3.8, 4) is 0 Å². The zero-order valence-electron chi connectivity index (χ0n) is 8.95. The summed E-state index contributed by atoms with van der Waals surface area (Å²) in [7, 11) is 0. The minimum absolute atomic E-state index is 0.677. The lowest BCUT2D eigenvalue weighted by molar-refractivity contribution is 0.153. The Morgan fingerprint density at radius 2 is 2.19 bits per heavy atom. The molecule has 0 bridgehead atoms. The van der Waals surface area contributed by atoms with E-state index in [1.165, 1.54) is 5.57 Å². The van der Waals surface area contributed by atoms with E-state index < -0.39 is 0 Å². The molecule has 0 atom stereocenters. The summed E-state index contributed by atoms with van der Waals surface area (Å²) in [5.74, 6) is 0.677. The second-order valence-corrected chi connectivity index (χ2v) is 4.50. The molecule has 1 N–H and O–H groups in total. The molecule has 1 aromatic heterocycles. The quantitative estimate of drug-likeness (QED) is 0.862. The van der Waals surface area contributed by atoms with E-state index in [-0.39, 0.29) is 0 Å². The summed E-state index contributed by atoms with van der Waals surface area (Å²) >= 11 is 3.30. The highest BCUT2D eigenvalue weighted by atomic mass is 79.9. The van der Waals surface area contributed by atoms with Gasteiger partial charge in [0.05, 0.1) is 17.7 Å². The van der Waals surface area contributed by atoms with Crippen molar-refractivity contribution >= 4 is 21.9 Å². The van der Waals surface area contributed by atoms with Crippen LogP contribution in [-0.2, 0) is 4.74 Å². The first kappa shape index (κ1) is 11.5. The Hall–Kier alpha value is -0.940. The molecule has 0 saturated heterocycles. The molecule has 1 aliphatic heterocycles. The second-order valence-electron chi connectivity index (χ2n) is 3.59. The topological polar surface area (TPSA) is 47.0 Å². The first-order valence-electron chi connectivity index (χ1n) is 5.31. The molecular weight excluding hydrogens is 270 g/mol. The van der Waals surface area contributed by atoms with Crippen LogP contribution in [0.5, 0.6) is 0 Å². The van der Waals surface area contributed by atoms with Crippen molar-refractivity contribution in [2.75, 3.05) is 25.1 Å². The molecule has 0 amide bonds. The van der Waals surface area contributed by atoms with Crippen LogP contribution in [0.15, 0.2) is 28.5 Å². The Morgan fingerprint density at radius 3 is 2.88 bits per heavy atom. The minimum Gasteiger partial charge on any atom is -0.377 e. The van der Waals surface area contributed by atoms with Gasteiger partial charge in [0.25, 0.3) is 0 Å². The number of nitrogens with one attached hydrogen (secondary N) is 1. The summed E-state index contributed by atoms with van der Waals surface area (Å²) < 4.78 is 6.14. The average Bonchev–Trinajstić information content (AvgIpc) is 2.33. The number of hydrogen-bond acceptors (Lipinski definition) is 4. The van der Waals surface area contributed by atoms with Crippen molar-refractivity contribution < 1.29 is 4.74 Å². The van der Waals surface area contributed by atoms with Crippen molar-refractivity contribution in [2.24, 2.45) is 0 Å². The molecular formula is C11H14BrN3O. The number of aromatic nitrogens is 2. The van der Waals surface area contributed by atoms with Gasteiger partial charge < -0.3 is 10.1 Å². The molecule has 2 rings (SSSR count). The maximum atomic E-state index is 5.25. The molecule has 4 nitrogen and oxygen atoms in total. The van der Waals surface area contributed by atoms with Gasteiger partial charge in [-0.15, -0.1) is 0 Å². The van der Waals surface area contributed by atoms with Crippen LogP contribution >= 0.6 is 15.9 Å². The lowest BCUT2D eigenvalue weighted by Crippen LogP contribution is -2.10. The standard InChI is InChI=1S/C11H14BrN3O/c12-10-7-14-11(15-8-10)13-4-1-9-2-5-16-6-3-9/h2,7-8H,1,3-6H2,(H,13,14,15). The van der Waals surface area contributed by atoms with E-state index in [0.29, 0.717) is 5.95 Å². The van der Waals surface area contributed by atoms with E-state index in [4.69, 9.17) is 4.74 Å². The molecule has 5 heteroatoms. The molecule has 2 heterocycles. The van der Waals surface area contributed by atoms with Crippen LogP contribution in [0, 0.1) is 0 Å². The van der Waals surface area contributed by atoms with Crippen molar-refractivity contribution in [3.05, 3.63) is 28.5 Å². The average molecular weight is 284 g/mol. The highest BCUT2D eigenvalue weighted by Gasteiger charge is 2.03. The zero-order chi connectivity index (χ0) is 11.2. The summed E-state index contributed by atoms with van der Waals surface area (Å²) in [6.07, 6.45) is 7.71. The van der Waals surface area contributed by atoms with Gasteiger partial charge in [-0.1, -0.05) is 11.6 Å². The highest BCUT2D eigenvalue weighted by Crippen LogP contribution is 2.12. The molecule has 0 saturated carbocycles. The van der Waals surface area contributed by atoms with Crippen LogP contribution in [0.2, 0.25) is 0 Å². The van der Waals surface area contributed by atoms with Gasteiger partial charge in [-0.3, -0.25) is 0 Å². The van der Waals surface area contributed by atoms with Gasteiger partial charge in [0.15, 0.2) is 0 Å². The van der Waals surface area contributed by atoms with Crippen LogP contribution in [0.25, 0.3) is 0 Å². The fourth-order valence-corrected chi connectivity index (χ4v) is 1.74. The van der Waals surface area contributed by atoms with Crippen LogP contribution in [-0.4, -0.2) is 29.7 Å². The first-order chi connectivity index (χ1) is 7.84. The zero-order valence-corrected chi connectivity index (χ0v) is 10.5. The van der Waals surface area contributed by atoms with E-state index in [1.807, 2.05) is 0 Å². The van der Waals surface area contributed by atoms with Crippen molar-refractivity contribution in [1.29, 1.82) is 0 Å². The lowest BCUT2D eigenvalue weighted by atomic mass is 10.1. The summed E-state index contributed by atoms with van der Waals surface area (Å²) in [5.41, 5.74) is 1.45. The van der Waals surface area contributed by atoms with Crippen LogP contribution in [0.3, 0.4) is 0 Å². The predicted octanol–water partition coefficient (Wildman–Crippen LogP) is 2.39. The summed E-state index contributed by atoms with van der Waals surface area (Å²) in [6.45, 7) is 2.47. The molecule has 0 spiro atoms. The van der Waals surface area contributed by atoms with E-state index in [0.717, 1.165) is 37.1 Å². The number of ether oxygens (including phenoxy) is 1. The predicted molar refractivity (Wildman–Crippen MR) is 66.4 cm³/mol. The van der Waals surface area contributed by atoms with E-state index in [9.17, 15) is 0 Å². The maximum Gasteiger partial charge on any atom is 0.222 e. The van der Waals surface area contributed by atoms with Crippen LogP contribution < -0.4 is 5.32 Å². The third-order valence-electron chi connectivity index (χ3n) is 2.41. The molecule has 1 aromatic rings. The number of rotatable bonds is 4. The number of hydrogen-bond donors (Lipinski definition) is 1. The van der Waals surface area contributed by atoms with Crippen LogP contribution in [0.4, 0.5) is 5.95 Å². The Bertz CT molecular complexity index is 364. The van der Waals surface area contributed by atoms with Gasteiger partial charge in [0, 0.05) is 18.9 Å². The third-order valence-corrected chi connectivity index (χ3v) is 2.82. The molecule has 0 unspecified atom stereocenters. The fourth-order valence-electron chi connectivity index (χ4n) is 1.53. The Labute approximate surface area is 103 Å². The van der Waals surface area contributed by atoms with E-state index in [2.05, 4.69) is 37.3 Å². The summed E-state index contributed by atoms with van der Waals surface area (Å²) in [5, 5.41) is 3.19. The van der Waals surface area contributed by atoms with E-state index in [1.54, 1.807) is 12.4 Å². The SMILES string of the molecule is Brc1cnc(NCCC2=CCOCC2)nc1. The molecule has 0 fully saturated rings. The highest BCUT2D eigenvalue weighted by molar-refractivity contribution is 9.10. The Morgan fingerprint density at radius 1 is 1.38 bits per heavy atom. The molecule has 1 aliphatic rings. The molecule has 0 aliphatic carbocycles.